The van der Waals surface area contributed by atoms with Crippen molar-refractivity contribution in [3.05, 3.63) is 46.6 Å². The van der Waals surface area contributed by atoms with Crippen molar-refractivity contribution in [1.82, 2.24) is 9.97 Å². The normalized spacial score (nSPS) is 10.2. The maximum absolute atomic E-state index is 13.0. The van der Waals surface area contributed by atoms with Gasteiger partial charge in [0.15, 0.2) is 0 Å². The van der Waals surface area contributed by atoms with Crippen LogP contribution in [0.4, 0.5) is 15.9 Å². The zero-order valence-electron chi connectivity index (χ0n) is 7.92. The Morgan fingerprint density at radius 2 is 2.00 bits per heavy atom. The fourth-order valence-corrected chi connectivity index (χ4v) is 1.45. The molecule has 0 atom stereocenters. The molecule has 0 saturated heterocycles. The van der Waals surface area contributed by atoms with E-state index in [4.69, 9.17) is 23.2 Å². The van der Waals surface area contributed by atoms with Crippen LogP contribution in [0, 0.1) is 5.82 Å². The van der Waals surface area contributed by atoms with Gasteiger partial charge in [-0.05, 0) is 35.9 Å². The largest absolute Gasteiger partial charge is 0.339 e. The van der Waals surface area contributed by atoms with Crippen molar-refractivity contribution in [2.75, 3.05) is 5.32 Å². The predicted molar refractivity (Wildman–Crippen MR) is 61.7 cm³/mol. The van der Waals surface area contributed by atoms with Crippen molar-refractivity contribution < 1.29 is 4.39 Å². The summed E-state index contributed by atoms with van der Waals surface area (Å²) in [5.41, 5.74) is 0.427. The van der Waals surface area contributed by atoms with Gasteiger partial charge >= 0.3 is 0 Å². The third-order valence-electron chi connectivity index (χ3n) is 1.82. The molecule has 0 bridgehead atoms. The van der Waals surface area contributed by atoms with Gasteiger partial charge in [-0.3, -0.25) is 0 Å². The quantitative estimate of drug-likeness (QED) is 0.835. The summed E-state index contributed by atoms with van der Waals surface area (Å²) in [4.78, 5) is 7.63. The second-order valence-corrected chi connectivity index (χ2v) is 3.71. The van der Waals surface area contributed by atoms with Gasteiger partial charge < -0.3 is 5.32 Å². The number of anilines is 2. The summed E-state index contributed by atoms with van der Waals surface area (Å²) in [5, 5.41) is 3.35. The number of nitrogens with zero attached hydrogens (tertiary/aromatic N) is 2. The van der Waals surface area contributed by atoms with Crippen LogP contribution in [0.1, 0.15) is 0 Å². The topological polar surface area (TPSA) is 37.8 Å². The molecule has 82 valence electrons. The summed E-state index contributed by atoms with van der Waals surface area (Å²) in [6.07, 6.45) is 1.49. The smallest absolute Gasteiger partial charge is 0.224 e. The molecule has 0 saturated carbocycles. The van der Waals surface area contributed by atoms with E-state index in [1.54, 1.807) is 6.07 Å². The minimum Gasteiger partial charge on any atom is -0.339 e. The van der Waals surface area contributed by atoms with Gasteiger partial charge in [0.05, 0.1) is 10.7 Å². The standard InChI is InChI=1S/C10H6Cl2FN3/c11-7-2-1-6(13)5-8(7)15-9-3-4-14-10(12)16-9/h1-5H,(H,14,15,16). The highest BCUT2D eigenvalue weighted by Crippen LogP contribution is 2.25. The average Bonchev–Trinajstić information content (AvgIpc) is 2.24. The number of hydrogen-bond acceptors (Lipinski definition) is 3. The Kier molecular flexibility index (Phi) is 3.22. The van der Waals surface area contributed by atoms with E-state index in [1.165, 1.54) is 24.4 Å². The van der Waals surface area contributed by atoms with E-state index >= 15 is 0 Å². The Bertz CT molecular complexity index is 519. The Hall–Kier alpha value is -1.39. The van der Waals surface area contributed by atoms with E-state index in [1.807, 2.05) is 0 Å². The van der Waals surface area contributed by atoms with E-state index in [9.17, 15) is 4.39 Å². The molecule has 2 aromatic rings. The van der Waals surface area contributed by atoms with Crippen molar-refractivity contribution in [3.63, 3.8) is 0 Å². The molecule has 1 aromatic heterocycles. The van der Waals surface area contributed by atoms with Gasteiger partial charge in [-0.1, -0.05) is 11.6 Å². The van der Waals surface area contributed by atoms with Crippen LogP contribution in [0.5, 0.6) is 0 Å². The van der Waals surface area contributed by atoms with Crippen molar-refractivity contribution >= 4 is 34.7 Å². The Labute approximate surface area is 101 Å². The fraction of sp³-hybridized carbons (Fsp3) is 0. The minimum absolute atomic E-state index is 0.109. The monoisotopic (exact) mass is 257 g/mol. The number of benzene rings is 1. The number of nitrogens with one attached hydrogen (secondary N) is 1. The Morgan fingerprint density at radius 3 is 2.75 bits per heavy atom. The zero-order valence-corrected chi connectivity index (χ0v) is 9.43. The lowest BCUT2D eigenvalue weighted by atomic mass is 10.3. The first kappa shape index (κ1) is 11.1. The van der Waals surface area contributed by atoms with Gasteiger partial charge in [-0.15, -0.1) is 0 Å². The predicted octanol–water partition coefficient (Wildman–Crippen LogP) is 3.67. The highest BCUT2D eigenvalue weighted by molar-refractivity contribution is 6.33. The fourth-order valence-electron chi connectivity index (χ4n) is 1.14. The summed E-state index contributed by atoms with van der Waals surface area (Å²) in [6, 6.07) is 5.62. The number of rotatable bonds is 2. The Balaban J connectivity index is 2.30. The molecule has 0 aliphatic heterocycles. The minimum atomic E-state index is -0.382. The van der Waals surface area contributed by atoms with Crippen LogP contribution < -0.4 is 5.32 Å². The van der Waals surface area contributed by atoms with E-state index < -0.39 is 0 Å². The number of halogens is 3. The van der Waals surface area contributed by atoms with Gasteiger partial charge in [-0.25, -0.2) is 14.4 Å². The average molecular weight is 258 g/mol. The van der Waals surface area contributed by atoms with Crippen molar-refractivity contribution in [3.8, 4) is 0 Å². The summed E-state index contributed by atoms with van der Waals surface area (Å²) in [6.45, 7) is 0. The van der Waals surface area contributed by atoms with Gasteiger partial charge in [0.25, 0.3) is 0 Å². The van der Waals surface area contributed by atoms with Gasteiger partial charge in [0, 0.05) is 6.20 Å². The van der Waals surface area contributed by atoms with Crippen LogP contribution in [0.3, 0.4) is 0 Å². The van der Waals surface area contributed by atoms with Crippen LogP contribution in [-0.4, -0.2) is 9.97 Å². The summed E-state index contributed by atoms with van der Waals surface area (Å²) >= 11 is 11.5. The maximum atomic E-state index is 13.0. The van der Waals surface area contributed by atoms with Crippen LogP contribution in [-0.2, 0) is 0 Å². The molecule has 2 rings (SSSR count). The van der Waals surface area contributed by atoms with Crippen molar-refractivity contribution in [1.29, 1.82) is 0 Å². The first-order valence-corrected chi connectivity index (χ1v) is 5.11. The lowest BCUT2D eigenvalue weighted by Gasteiger charge is -2.07. The Morgan fingerprint density at radius 1 is 1.19 bits per heavy atom. The molecule has 6 heteroatoms. The van der Waals surface area contributed by atoms with Crippen molar-refractivity contribution in [2.45, 2.75) is 0 Å². The van der Waals surface area contributed by atoms with E-state index in [2.05, 4.69) is 15.3 Å². The molecule has 16 heavy (non-hydrogen) atoms. The molecule has 0 radical (unpaired) electrons. The lowest BCUT2D eigenvalue weighted by Crippen LogP contribution is -1.95. The molecule has 0 amide bonds. The third kappa shape index (κ3) is 2.59. The van der Waals surface area contributed by atoms with Crippen LogP contribution >= 0.6 is 23.2 Å². The molecular weight excluding hydrogens is 252 g/mol. The first-order chi connectivity index (χ1) is 7.65. The number of aromatic nitrogens is 2. The molecule has 1 aromatic carbocycles. The van der Waals surface area contributed by atoms with Crippen LogP contribution in [0.2, 0.25) is 10.3 Å². The second kappa shape index (κ2) is 4.63. The third-order valence-corrected chi connectivity index (χ3v) is 2.33. The van der Waals surface area contributed by atoms with Gasteiger partial charge in [0.1, 0.15) is 11.6 Å². The summed E-state index contributed by atoms with van der Waals surface area (Å²) < 4.78 is 13.0. The van der Waals surface area contributed by atoms with Crippen molar-refractivity contribution in [2.24, 2.45) is 0 Å². The molecule has 0 spiro atoms. The molecule has 0 fully saturated rings. The van der Waals surface area contributed by atoms with Crippen LogP contribution in [0.25, 0.3) is 0 Å². The molecule has 1 heterocycles. The maximum Gasteiger partial charge on any atom is 0.224 e. The lowest BCUT2D eigenvalue weighted by molar-refractivity contribution is 0.628. The van der Waals surface area contributed by atoms with Gasteiger partial charge in [0.2, 0.25) is 5.28 Å². The van der Waals surface area contributed by atoms with Gasteiger partial charge in [-0.2, -0.15) is 0 Å². The summed E-state index contributed by atoms with van der Waals surface area (Å²) in [7, 11) is 0. The molecule has 0 unspecified atom stereocenters. The second-order valence-electron chi connectivity index (χ2n) is 2.96. The first-order valence-electron chi connectivity index (χ1n) is 4.36. The SMILES string of the molecule is Fc1ccc(Cl)c(Nc2ccnc(Cl)n2)c1. The number of hydrogen-bond donors (Lipinski definition) is 1. The molecule has 0 aliphatic carbocycles. The molecule has 3 nitrogen and oxygen atoms in total. The van der Waals surface area contributed by atoms with Crippen LogP contribution in [0.15, 0.2) is 30.5 Å². The highest BCUT2D eigenvalue weighted by Gasteiger charge is 2.03. The van der Waals surface area contributed by atoms with E-state index in [0.29, 0.717) is 16.5 Å². The summed E-state index contributed by atoms with van der Waals surface area (Å²) in [5.74, 6) is 0.0690. The zero-order chi connectivity index (χ0) is 11.5. The molecule has 0 aliphatic rings. The van der Waals surface area contributed by atoms with E-state index in [-0.39, 0.29) is 11.1 Å². The van der Waals surface area contributed by atoms with E-state index in [0.717, 1.165) is 0 Å². The highest BCUT2D eigenvalue weighted by atomic mass is 35.5. The molecular formula is C10H6Cl2FN3. The molecule has 1 N–H and O–H groups in total.